The minimum atomic E-state index is -0.565. The first-order valence-electron chi connectivity index (χ1n) is 10.1. The lowest BCUT2D eigenvalue weighted by Gasteiger charge is -2.09. The van der Waals surface area contributed by atoms with Crippen LogP contribution in [0.3, 0.4) is 0 Å². The lowest BCUT2D eigenvalue weighted by molar-refractivity contribution is -0.147. The van der Waals surface area contributed by atoms with E-state index in [0.29, 0.717) is 22.6 Å². The molecule has 1 aromatic heterocycles. The average molecular weight is 423 g/mol. The maximum absolute atomic E-state index is 12.4. The first kappa shape index (κ1) is 22.1. The molecule has 1 N–H and O–H groups in total. The molecule has 0 atom stereocenters. The summed E-state index contributed by atoms with van der Waals surface area (Å²) in [5, 5.41) is 3.45. The summed E-state index contributed by atoms with van der Waals surface area (Å²) < 4.78 is 15.6. The van der Waals surface area contributed by atoms with Gasteiger partial charge in [-0.1, -0.05) is 19.1 Å². The second-order valence-electron chi connectivity index (χ2n) is 7.11. The van der Waals surface area contributed by atoms with Crippen molar-refractivity contribution >= 4 is 28.5 Å². The van der Waals surface area contributed by atoms with Crippen molar-refractivity contribution in [3.05, 3.63) is 69.6 Å². The van der Waals surface area contributed by atoms with Crippen molar-refractivity contribution < 1.29 is 23.5 Å². The summed E-state index contributed by atoms with van der Waals surface area (Å²) in [5.74, 6) is -0.399. The van der Waals surface area contributed by atoms with Crippen LogP contribution in [0.1, 0.15) is 30.0 Å². The van der Waals surface area contributed by atoms with Crippen molar-refractivity contribution in [2.24, 2.45) is 0 Å². The van der Waals surface area contributed by atoms with Gasteiger partial charge in [-0.25, -0.2) is 4.79 Å². The van der Waals surface area contributed by atoms with Crippen molar-refractivity contribution in [2.75, 3.05) is 19.0 Å². The molecule has 0 radical (unpaired) electrons. The molecule has 0 aliphatic carbocycles. The fraction of sp³-hybridized carbons (Fsp3) is 0.292. The van der Waals surface area contributed by atoms with E-state index in [1.165, 1.54) is 7.11 Å². The van der Waals surface area contributed by atoms with Crippen LogP contribution in [0.25, 0.3) is 11.0 Å². The number of fused-ring (bicyclic) bond motifs is 1. The van der Waals surface area contributed by atoms with Crippen LogP contribution in [0, 0.1) is 6.92 Å². The zero-order chi connectivity index (χ0) is 22.4. The van der Waals surface area contributed by atoms with Gasteiger partial charge in [-0.2, -0.15) is 0 Å². The minimum Gasteiger partial charge on any atom is -0.497 e. The Balaban J connectivity index is 1.56. The number of carbonyl (C=O) groups is 2. The summed E-state index contributed by atoms with van der Waals surface area (Å²) in [5.41, 5.74) is 2.89. The molecule has 0 fully saturated rings. The zero-order valence-corrected chi connectivity index (χ0v) is 17.8. The number of benzene rings is 2. The Morgan fingerprint density at radius 2 is 1.84 bits per heavy atom. The highest BCUT2D eigenvalue weighted by Crippen LogP contribution is 2.24. The van der Waals surface area contributed by atoms with Gasteiger partial charge in [0.1, 0.15) is 11.3 Å². The van der Waals surface area contributed by atoms with Gasteiger partial charge in [0.2, 0.25) is 0 Å². The van der Waals surface area contributed by atoms with Crippen LogP contribution in [0.5, 0.6) is 5.75 Å². The number of ether oxygens (including phenoxy) is 2. The largest absolute Gasteiger partial charge is 0.497 e. The van der Waals surface area contributed by atoms with Crippen molar-refractivity contribution in [1.29, 1.82) is 0 Å². The molecule has 2 aromatic carbocycles. The van der Waals surface area contributed by atoms with Crippen LogP contribution in [0.2, 0.25) is 0 Å². The van der Waals surface area contributed by atoms with E-state index in [9.17, 15) is 14.4 Å². The average Bonchev–Trinajstić information content (AvgIpc) is 2.77. The SMILES string of the molecule is CCc1ccc(NC(=O)COC(=O)CCc2c(C)c3ccc(OC)cc3oc2=O)cc1. The molecule has 7 heteroatoms. The number of carbonyl (C=O) groups excluding carboxylic acids is 2. The highest BCUT2D eigenvalue weighted by Gasteiger charge is 2.15. The van der Waals surface area contributed by atoms with E-state index in [1.54, 1.807) is 24.3 Å². The molecule has 0 saturated carbocycles. The number of hydrogen-bond acceptors (Lipinski definition) is 6. The molecule has 3 aromatic rings. The summed E-state index contributed by atoms with van der Waals surface area (Å²) in [4.78, 5) is 36.4. The third-order valence-electron chi connectivity index (χ3n) is 5.08. The van der Waals surface area contributed by atoms with Crippen molar-refractivity contribution in [3.63, 3.8) is 0 Å². The molecule has 0 saturated heterocycles. The second-order valence-corrected chi connectivity index (χ2v) is 7.11. The highest BCUT2D eigenvalue weighted by atomic mass is 16.5. The van der Waals surface area contributed by atoms with Crippen molar-refractivity contribution in [1.82, 2.24) is 0 Å². The predicted molar refractivity (Wildman–Crippen MR) is 118 cm³/mol. The standard InChI is InChI=1S/C24H25NO6/c1-4-16-5-7-17(8-6-16)25-22(26)14-30-23(27)12-11-20-15(2)19-10-9-18(29-3)13-21(19)31-24(20)28/h5-10,13H,4,11-12,14H2,1-3H3,(H,25,26). The molecule has 1 heterocycles. The predicted octanol–water partition coefficient (Wildman–Crippen LogP) is 3.79. The monoisotopic (exact) mass is 423 g/mol. The minimum absolute atomic E-state index is 0.0360. The number of methoxy groups -OCH3 is 1. The Hall–Kier alpha value is -3.61. The topological polar surface area (TPSA) is 94.8 Å². The smallest absolute Gasteiger partial charge is 0.339 e. The van der Waals surface area contributed by atoms with Crippen LogP contribution in [-0.4, -0.2) is 25.6 Å². The molecule has 0 aliphatic heterocycles. The van der Waals surface area contributed by atoms with Gasteiger partial charge in [0.15, 0.2) is 6.61 Å². The third-order valence-corrected chi connectivity index (χ3v) is 5.08. The summed E-state index contributed by atoms with van der Waals surface area (Å²) in [7, 11) is 1.54. The number of anilines is 1. The number of hydrogen-bond donors (Lipinski definition) is 1. The van der Waals surface area contributed by atoms with Gasteiger partial charge in [-0.15, -0.1) is 0 Å². The molecule has 0 bridgehead atoms. The first-order chi connectivity index (χ1) is 14.9. The Morgan fingerprint density at radius 3 is 2.52 bits per heavy atom. The van der Waals surface area contributed by atoms with E-state index in [0.717, 1.165) is 22.9 Å². The molecule has 0 spiro atoms. The molecule has 162 valence electrons. The van der Waals surface area contributed by atoms with Gasteiger partial charge in [-0.05, 0) is 55.2 Å². The maximum Gasteiger partial charge on any atom is 0.339 e. The molecule has 0 aliphatic rings. The highest BCUT2D eigenvalue weighted by molar-refractivity contribution is 5.92. The van der Waals surface area contributed by atoms with E-state index >= 15 is 0 Å². The Kier molecular flexibility index (Phi) is 7.07. The molecule has 31 heavy (non-hydrogen) atoms. The lowest BCUT2D eigenvalue weighted by atomic mass is 10.0. The van der Waals surface area contributed by atoms with Crippen LogP contribution in [-0.2, 0) is 27.2 Å². The van der Waals surface area contributed by atoms with E-state index in [1.807, 2.05) is 32.0 Å². The molecule has 3 rings (SSSR count). The van der Waals surface area contributed by atoms with E-state index in [-0.39, 0.29) is 19.4 Å². The fourth-order valence-electron chi connectivity index (χ4n) is 3.26. The molecular formula is C24H25NO6. The molecular weight excluding hydrogens is 398 g/mol. The summed E-state index contributed by atoms with van der Waals surface area (Å²) in [6.45, 7) is 3.47. The van der Waals surface area contributed by atoms with Gasteiger partial charge < -0.3 is 19.2 Å². The fourth-order valence-corrected chi connectivity index (χ4v) is 3.26. The van der Waals surface area contributed by atoms with Gasteiger partial charge in [0.05, 0.1) is 7.11 Å². The third kappa shape index (κ3) is 5.51. The number of rotatable bonds is 8. The van der Waals surface area contributed by atoms with Gasteiger partial charge in [0, 0.05) is 29.1 Å². The van der Waals surface area contributed by atoms with Crippen LogP contribution < -0.4 is 15.7 Å². The maximum atomic E-state index is 12.4. The summed E-state index contributed by atoms with van der Waals surface area (Å²) >= 11 is 0. The van der Waals surface area contributed by atoms with E-state index in [4.69, 9.17) is 13.9 Å². The number of aryl methyl sites for hydroxylation is 2. The summed E-state index contributed by atoms with van der Waals surface area (Å²) in [6, 6.07) is 12.7. The van der Waals surface area contributed by atoms with Gasteiger partial charge in [-0.3, -0.25) is 9.59 Å². The Morgan fingerprint density at radius 1 is 1.10 bits per heavy atom. The number of amides is 1. The Bertz CT molecular complexity index is 1150. The zero-order valence-electron chi connectivity index (χ0n) is 17.8. The lowest BCUT2D eigenvalue weighted by Crippen LogP contribution is -2.21. The van der Waals surface area contributed by atoms with Gasteiger partial charge in [0.25, 0.3) is 5.91 Å². The van der Waals surface area contributed by atoms with Crippen LogP contribution in [0.15, 0.2) is 51.7 Å². The van der Waals surface area contributed by atoms with Crippen LogP contribution in [0.4, 0.5) is 5.69 Å². The normalized spacial score (nSPS) is 10.7. The quantitative estimate of drug-likeness (QED) is 0.438. The summed E-state index contributed by atoms with van der Waals surface area (Å²) in [6.07, 6.45) is 1.04. The molecule has 7 nitrogen and oxygen atoms in total. The first-order valence-corrected chi connectivity index (χ1v) is 10.1. The van der Waals surface area contributed by atoms with Crippen molar-refractivity contribution in [3.8, 4) is 5.75 Å². The molecule has 0 unspecified atom stereocenters. The van der Waals surface area contributed by atoms with Gasteiger partial charge >= 0.3 is 11.6 Å². The number of nitrogens with one attached hydrogen (secondary N) is 1. The van der Waals surface area contributed by atoms with E-state index in [2.05, 4.69) is 5.32 Å². The van der Waals surface area contributed by atoms with E-state index < -0.39 is 17.5 Å². The molecule has 1 amide bonds. The van der Waals surface area contributed by atoms with Crippen molar-refractivity contribution in [2.45, 2.75) is 33.1 Å². The number of esters is 1. The Labute approximate surface area is 180 Å². The van der Waals surface area contributed by atoms with Crippen LogP contribution >= 0.6 is 0 Å². The second kappa shape index (κ2) is 9.93.